The monoisotopic (exact) mass is 222 g/mol. The lowest BCUT2D eigenvalue weighted by molar-refractivity contribution is 0.671. The lowest BCUT2D eigenvalue weighted by Crippen LogP contribution is -2.05. The molecule has 2 N–H and O–H groups in total. The van der Waals surface area contributed by atoms with Gasteiger partial charge in [0.15, 0.2) is 0 Å². The standard InChI is InChI=1S/C12H15ClN2/c1-9-3-4-11-10(7-9)8-12(13)15(11)6-2-5-14/h3-4,7-8H,2,5-6,14H2,1H3. The molecule has 15 heavy (non-hydrogen) atoms. The molecule has 1 heterocycles. The van der Waals surface area contributed by atoms with Crippen molar-refractivity contribution in [2.75, 3.05) is 6.54 Å². The maximum Gasteiger partial charge on any atom is 0.109 e. The zero-order valence-corrected chi connectivity index (χ0v) is 9.59. The number of nitrogens with zero attached hydrogens (tertiary/aromatic N) is 1. The van der Waals surface area contributed by atoms with Crippen LogP contribution in [0.2, 0.25) is 5.15 Å². The molecule has 0 aliphatic rings. The summed E-state index contributed by atoms with van der Waals surface area (Å²) in [6, 6.07) is 8.39. The Morgan fingerprint density at radius 1 is 1.33 bits per heavy atom. The average molecular weight is 223 g/mol. The number of hydrogen-bond donors (Lipinski definition) is 1. The molecular formula is C12H15ClN2. The van der Waals surface area contributed by atoms with Crippen LogP contribution in [0.4, 0.5) is 0 Å². The highest BCUT2D eigenvalue weighted by Crippen LogP contribution is 2.24. The number of aryl methyl sites for hydroxylation is 2. The molecule has 1 aromatic carbocycles. The largest absolute Gasteiger partial charge is 0.332 e. The van der Waals surface area contributed by atoms with E-state index >= 15 is 0 Å². The molecule has 0 unspecified atom stereocenters. The number of fused-ring (bicyclic) bond motifs is 1. The smallest absolute Gasteiger partial charge is 0.109 e. The molecule has 80 valence electrons. The van der Waals surface area contributed by atoms with E-state index in [9.17, 15) is 0 Å². The highest BCUT2D eigenvalue weighted by atomic mass is 35.5. The second-order valence-corrected chi connectivity index (χ2v) is 4.21. The molecule has 1 aromatic heterocycles. The maximum absolute atomic E-state index is 6.18. The van der Waals surface area contributed by atoms with Gasteiger partial charge in [-0.3, -0.25) is 0 Å². The molecule has 0 saturated carbocycles. The predicted molar refractivity (Wildman–Crippen MR) is 65.4 cm³/mol. The van der Waals surface area contributed by atoms with Gasteiger partial charge in [0.05, 0.1) is 0 Å². The van der Waals surface area contributed by atoms with E-state index in [-0.39, 0.29) is 0 Å². The fraction of sp³-hybridized carbons (Fsp3) is 0.333. The Balaban J connectivity index is 2.48. The quantitative estimate of drug-likeness (QED) is 0.851. The zero-order valence-electron chi connectivity index (χ0n) is 8.83. The predicted octanol–water partition coefficient (Wildman–Crippen LogP) is 2.95. The van der Waals surface area contributed by atoms with Crippen molar-refractivity contribution in [1.82, 2.24) is 4.57 Å². The van der Waals surface area contributed by atoms with Crippen molar-refractivity contribution >= 4 is 22.5 Å². The fourth-order valence-electron chi connectivity index (χ4n) is 1.83. The summed E-state index contributed by atoms with van der Waals surface area (Å²) in [5, 5.41) is 2.00. The number of halogens is 1. The molecule has 2 aromatic rings. The van der Waals surface area contributed by atoms with Crippen LogP contribution < -0.4 is 5.73 Å². The van der Waals surface area contributed by atoms with Crippen molar-refractivity contribution in [3.05, 3.63) is 35.0 Å². The van der Waals surface area contributed by atoms with Gasteiger partial charge >= 0.3 is 0 Å². The Morgan fingerprint density at radius 2 is 2.13 bits per heavy atom. The summed E-state index contributed by atoms with van der Waals surface area (Å²) in [5.41, 5.74) is 7.96. The molecule has 0 saturated heterocycles. The van der Waals surface area contributed by atoms with E-state index in [2.05, 4.69) is 29.7 Å². The summed E-state index contributed by atoms with van der Waals surface area (Å²) in [5.74, 6) is 0. The number of aromatic nitrogens is 1. The summed E-state index contributed by atoms with van der Waals surface area (Å²) in [6.07, 6.45) is 0.956. The van der Waals surface area contributed by atoms with Crippen LogP contribution >= 0.6 is 11.6 Å². The van der Waals surface area contributed by atoms with Crippen molar-refractivity contribution in [3.8, 4) is 0 Å². The van der Waals surface area contributed by atoms with Crippen molar-refractivity contribution < 1.29 is 0 Å². The van der Waals surface area contributed by atoms with Crippen molar-refractivity contribution in [2.45, 2.75) is 19.9 Å². The number of nitrogens with two attached hydrogens (primary N) is 1. The maximum atomic E-state index is 6.18. The highest BCUT2D eigenvalue weighted by molar-refractivity contribution is 6.30. The second-order valence-electron chi connectivity index (χ2n) is 3.82. The van der Waals surface area contributed by atoms with E-state index in [1.165, 1.54) is 16.5 Å². The minimum Gasteiger partial charge on any atom is -0.332 e. The number of rotatable bonds is 3. The first-order chi connectivity index (χ1) is 7.22. The minimum atomic E-state index is 0.696. The highest BCUT2D eigenvalue weighted by Gasteiger charge is 2.05. The van der Waals surface area contributed by atoms with Gasteiger partial charge in [0.25, 0.3) is 0 Å². The lowest BCUT2D eigenvalue weighted by atomic mass is 10.2. The number of benzene rings is 1. The molecule has 0 bridgehead atoms. The van der Waals surface area contributed by atoms with Crippen molar-refractivity contribution in [3.63, 3.8) is 0 Å². The van der Waals surface area contributed by atoms with Gasteiger partial charge in [-0.25, -0.2) is 0 Å². The number of hydrogen-bond acceptors (Lipinski definition) is 1. The Kier molecular flexibility index (Phi) is 2.98. The van der Waals surface area contributed by atoms with Crippen molar-refractivity contribution in [2.24, 2.45) is 5.73 Å². The van der Waals surface area contributed by atoms with Crippen LogP contribution in [0, 0.1) is 6.92 Å². The molecular weight excluding hydrogens is 208 g/mol. The van der Waals surface area contributed by atoms with Gasteiger partial charge in [-0.15, -0.1) is 0 Å². The fourth-order valence-corrected chi connectivity index (χ4v) is 2.13. The van der Waals surface area contributed by atoms with Crippen LogP contribution in [0.5, 0.6) is 0 Å². The third-order valence-corrected chi connectivity index (χ3v) is 2.91. The molecule has 2 nitrogen and oxygen atoms in total. The van der Waals surface area contributed by atoms with Crippen LogP contribution in [0.3, 0.4) is 0 Å². The first kappa shape index (κ1) is 10.5. The molecule has 0 spiro atoms. The van der Waals surface area contributed by atoms with Crippen LogP contribution in [0.15, 0.2) is 24.3 Å². The molecule has 0 amide bonds. The van der Waals surface area contributed by atoms with E-state index in [0.29, 0.717) is 6.54 Å². The Hall–Kier alpha value is -0.990. The first-order valence-electron chi connectivity index (χ1n) is 5.18. The van der Waals surface area contributed by atoms with Gasteiger partial charge in [-0.05, 0) is 38.1 Å². The van der Waals surface area contributed by atoms with Gasteiger partial charge in [-0.1, -0.05) is 23.2 Å². The van der Waals surface area contributed by atoms with Crippen LogP contribution in [-0.2, 0) is 6.54 Å². The third-order valence-electron chi connectivity index (χ3n) is 2.59. The summed E-state index contributed by atoms with van der Waals surface area (Å²) in [4.78, 5) is 0. The Bertz CT molecular complexity index is 474. The van der Waals surface area contributed by atoms with E-state index in [1.807, 2.05) is 6.07 Å². The van der Waals surface area contributed by atoms with Gasteiger partial charge in [0.2, 0.25) is 0 Å². The van der Waals surface area contributed by atoms with E-state index in [0.717, 1.165) is 18.1 Å². The van der Waals surface area contributed by atoms with Crippen LogP contribution in [-0.4, -0.2) is 11.1 Å². The summed E-state index contributed by atoms with van der Waals surface area (Å²) < 4.78 is 2.11. The zero-order chi connectivity index (χ0) is 10.8. The Labute approximate surface area is 94.6 Å². The SMILES string of the molecule is Cc1ccc2c(c1)cc(Cl)n2CCCN. The molecule has 0 radical (unpaired) electrons. The normalized spacial score (nSPS) is 11.1. The molecule has 0 atom stereocenters. The lowest BCUT2D eigenvalue weighted by Gasteiger charge is -2.05. The van der Waals surface area contributed by atoms with Crippen LogP contribution in [0.25, 0.3) is 10.9 Å². The molecule has 3 heteroatoms. The molecule has 0 aliphatic carbocycles. The Morgan fingerprint density at radius 3 is 2.87 bits per heavy atom. The van der Waals surface area contributed by atoms with E-state index in [4.69, 9.17) is 17.3 Å². The second kappa shape index (κ2) is 4.25. The topological polar surface area (TPSA) is 30.9 Å². The summed E-state index contributed by atoms with van der Waals surface area (Å²) in [7, 11) is 0. The first-order valence-corrected chi connectivity index (χ1v) is 5.55. The molecule has 0 fully saturated rings. The van der Waals surface area contributed by atoms with Gasteiger partial charge in [0, 0.05) is 17.4 Å². The summed E-state index contributed by atoms with van der Waals surface area (Å²) >= 11 is 6.18. The van der Waals surface area contributed by atoms with Crippen molar-refractivity contribution in [1.29, 1.82) is 0 Å². The summed E-state index contributed by atoms with van der Waals surface area (Å²) in [6.45, 7) is 3.67. The minimum absolute atomic E-state index is 0.696. The van der Waals surface area contributed by atoms with Gasteiger partial charge in [-0.2, -0.15) is 0 Å². The third kappa shape index (κ3) is 2.01. The van der Waals surface area contributed by atoms with Crippen LogP contribution in [0.1, 0.15) is 12.0 Å². The van der Waals surface area contributed by atoms with Gasteiger partial charge in [0.1, 0.15) is 5.15 Å². The van der Waals surface area contributed by atoms with E-state index < -0.39 is 0 Å². The van der Waals surface area contributed by atoms with E-state index in [1.54, 1.807) is 0 Å². The average Bonchev–Trinajstić information content (AvgIpc) is 2.50. The molecule has 0 aliphatic heterocycles. The molecule has 2 rings (SSSR count). The van der Waals surface area contributed by atoms with Gasteiger partial charge < -0.3 is 10.3 Å².